The average molecular weight is 248 g/mol. The summed E-state index contributed by atoms with van der Waals surface area (Å²) in [5.41, 5.74) is 1.16. The molecule has 1 aromatic rings. The first-order valence-corrected chi connectivity index (χ1v) is 5.19. The predicted molar refractivity (Wildman–Crippen MR) is 57.6 cm³/mol. The molecule has 1 rings (SSSR count). The highest BCUT2D eigenvalue weighted by atomic mass is 79.9. The van der Waals surface area contributed by atoms with E-state index in [1.54, 1.807) is 0 Å². The molecule has 0 aliphatic rings. The Bertz CT molecular complexity index is 268. The van der Waals surface area contributed by atoms with Gasteiger partial charge in [0.25, 0.3) is 0 Å². The van der Waals surface area contributed by atoms with Crippen LogP contribution in [0.25, 0.3) is 0 Å². The molecule has 0 radical (unpaired) electrons. The van der Waals surface area contributed by atoms with Crippen molar-refractivity contribution in [2.45, 2.75) is 25.1 Å². The third kappa shape index (κ3) is 2.02. The van der Waals surface area contributed by atoms with Crippen LogP contribution in [0.5, 0.6) is 0 Å². The summed E-state index contributed by atoms with van der Waals surface area (Å²) < 4.78 is 1.09. The fourth-order valence-corrected chi connectivity index (χ4v) is 2.08. The minimum atomic E-state index is -0.250. The van der Waals surface area contributed by atoms with Crippen LogP contribution in [0.15, 0.2) is 28.7 Å². The molecule has 0 saturated carbocycles. The van der Waals surface area contributed by atoms with Gasteiger partial charge in [0.2, 0.25) is 0 Å². The summed E-state index contributed by atoms with van der Waals surface area (Å²) in [6, 6.07) is 8.08. The molecule has 1 unspecified atom stereocenters. The number of benzene rings is 1. The van der Waals surface area contributed by atoms with Crippen molar-refractivity contribution in [2.75, 3.05) is 0 Å². The fraction of sp³-hybridized carbons (Fsp3) is 0.400. The van der Waals surface area contributed by atoms with Gasteiger partial charge in [-0.1, -0.05) is 41.1 Å². The number of hydrogen-bond donors (Lipinski definition) is 0. The van der Waals surface area contributed by atoms with Crippen LogP contribution in [0.1, 0.15) is 25.8 Å². The van der Waals surface area contributed by atoms with Crippen LogP contribution in [0, 0.1) is 0 Å². The molecule has 0 heterocycles. The molecule has 0 saturated heterocycles. The molecule has 0 fully saturated rings. The summed E-state index contributed by atoms with van der Waals surface area (Å²) in [5.74, 6) is 0. The van der Waals surface area contributed by atoms with E-state index in [-0.39, 0.29) is 4.87 Å². The third-order valence-corrected chi connectivity index (χ3v) is 3.26. The zero-order valence-electron chi connectivity index (χ0n) is 7.27. The van der Waals surface area contributed by atoms with Gasteiger partial charge in [-0.25, -0.2) is 0 Å². The standard InChI is InChI=1S/C10H12BrCl/c1-3-10(2,12)8-6-4-5-7-9(8)11/h4-7H,3H2,1-2H3. The highest BCUT2D eigenvalue weighted by Crippen LogP contribution is 2.36. The maximum Gasteiger partial charge on any atom is 0.0675 e. The second-order valence-corrected chi connectivity index (χ2v) is 4.72. The van der Waals surface area contributed by atoms with Crippen molar-refractivity contribution >= 4 is 27.5 Å². The van der Waals surface area contributed by atoms with Crippen molar-refractivity contribution in [3.8, 4) is 0 Å². The van der Waals surface area contributed by atoms with Crippen LogP contribution in [0.3, 0.4) is 0 Å². The van der Waals surface area contributed by atoms with E-state index >= 15 is 0 Å². The summed E-state index contributed by atoms with van der Waals surface area (Å²) in [5, 5.41) is 0. The molecule has 0 aliphatic carbocycles. The van der Waals surface area contributed by atoms with Gasteiger partial charge in [0, 0.05) is 4.47 Å². The van der Waals surface area contributed by atoms with Crippen molar-refractivity contribution in [1.82, 2.24) is 0 Å². The SMILES string of the molecule is CCC(C)(Cl)c1ccccc1Br. The maximum absolute atomic E-state index is 6.32. The molecule has 0 nitrogen and oxygen atoms in total. The number of rotatable bonds is 2. The minimum Gasteiger partial charge on any atom is -0.114 e. The van der Waals surface area contributed by atoms with Gasteiger partial charge in [-0.05, 0) is 25.0 Å². The fourth-order valence-electron chi connectivity index (χ4n) is 1.07. The van der Waals surface area contributed by atoms with Gasteiger partial charge in [-0.2, -0.15) is 0 Å². The Hall–Kier alpha value is -0.0100. The molecule has 0 amide bonds. The van der Waals surface area contributed by atoms with Gasteiger partial charge in [-0.15, -0.1) is 11.6 Å². The van der Waals surface area contributed by atoms with E-state index < -0.39 is 0 Å². The highest BCUT2D eigenvalue weighted by Gasteiger charge is 2.22. The second kappa shape index (κ2) is 3.80. The van der Waals surface area contributed by atoms with Gasteiger partial charge >= 0.3 is 0 Å². The van der Waals surface area contributed by atoms with Crippen LogP contribution in [0.4, 0.5) is 0 Å². The van der Waals surface area contributed by atoms with Crippen LogP contribution in [-0.2, 0) is 4.87 Å². The number of halogens is 2. The van der Waals surface area contributed by atoms with Crippen molar-refractivity contribution in [2.24, 2.45) is 0 Å². The molecule has 0 spiro atoms. The lowest BCUT2D eigenvalue weighted by molar-refractivity contribution is 0.647. The van der Waals surface area contributed by atoms with E-state index in [9.17, 15) is 0 Å². The Kier molecular flexibility index (Phi) is 3.19. The van der Waals surface area contributed by atoms with Crippen molar-refractivity contribution < 1.29 is 0 Å². The Morgan fingerprint density at radius 3 is 2.50 bits per heavy atom. The van der Waals surface area contributed by atoms with Crippen LogP contribution in [0.2, 0.25) is 0 Å². The van der Waals surface area contributed by atoms with Gasteiger partial charge in [0.1, 0.15) is 0 Å². The molecule has 0 aliphatic heterocycles. The van der Waals surface area contributed by atoms with Crippen molar-refractivity contribution in [3.63, 3.8) is 0 Å². The Morgan fingerprint density at radius 2 is 2.00 bits per heavy atom. The van der Waals surface area contributed by atoms with E-state index in [1.807, 2.05) is 25.1 Å². The lowest BCUT2D eigenvalue weighted by atomic mass is 9.98. The topological polar surface area (TPSA) is 0 Å². The maximum atomic E-state index is 6.32. The Balaban J connectivity index is 3.10. The van der Waals surface area contributed by atoms with Gasteiger partial charge in [0.15, 0.2) is 0 Å². The lowest BCUT2D eigenvalue weighted by Crippen LogP contribution is -2.12. The molecule has 0 bridgehead atoms. The van der Waals surface area contributed by atoms with E-state index in [1.165, 1.54) is 0 Å². The first-order chi connectivity index (χ1) is 5.58. The number of hydrogen-bond acceptors (Lipinski definition) is 0. The van der Waals surface area contributed by atoms with E-state index in [0.29, 0.717) is 0 Å². The first kappa shape index (κ1) is 10.1. The zero-order chi connectivity index (χ0) is 9.19. The van der Waals surface area contributed by atoms with Crippen LogP contribution >= 0.6 is 27.5 Å². The van der Waals surface area contributed by atoms with Gasteiger partial charge in [0.05, 0.1) is 4.87 Å². The summed E-state index contributed by atoms with van der Waals surface area (Å²) in [6.45, 7) is 4.13. The highest BCUT2D eigenvalue weighted by molar-refractivity contribution is 9.10. The average Bonchev–Trinajstić information content (AvgIpc) is 2.05. The molecule has 66 valence electrons. The second-order valence-electron chi connectivity index (χ2n) is 3.03. The minimum absolute atomic E-state index is 0.250. The first-order valence-electron chi connectivity index (χ1n) is 4.02. The van der Waals surface area contributed by atoms with Crippen molar-refractivity contribution in [3.05, 3.63) is 34.3 Å². The monoisotopic (exact) mass is 246 g/mol. The molecular formula is C10H12BrCl. The summed E-state index contributed by atoms with van der Waals surface area (Å²) in [6.07, 6.45) is 0.928. The Labute approximate surface area is 87.1 Å². The Morgan fingerprint density at radius 1 is 1.42 bits per heavy atom. The quantitative estimate of drug-likeness (QED) is 0.683. The van der Waals surface area contributed by atoms with Crippen molar-refractivity contribution in [1.29, 1.82) is 0 Å². The smallest absolute Gasteiger partial charge is 0.0675 e. The molecular weight excluding hydrogens is 235 g/mol. The van der Waals surface area contributed by atoms with E-state index in [2.05, 4.69) is 28.9 Å². The van der Waals surface area contributed by atoms with Crippen LogP contribution in [-0.4, -0.2) is 0 Å². The molecule has 0 N–H and O–H groups in total. The van der Waals surface area contributed by atoms with Crippen LogP contribution < -0.4 is 0 Å². The lowest BCUT2D eigenvalue weighted by Gasteiger charge is -2.21. The third-order valence-electron chi connectivity index (χ3n) is 2.10. The predicted octanol–water partition coefficient (Wildman–Crippen LogP) is 4.31. The normalized spacial score (nSPS) is 15.7. The zero-order valence-corrected chi connectivity index (χ0v) is 9.61. The largest absolute Gasteiger partial charge is 0.114 e. The summed E-state index contributed by atoms with van der Waals surface area (Å²) in [4.78, 5) is -0.250. The molecule has 1 aromatic carbocycles. The summed E-state index contributed by atoms with van der Waals surface area (Å²) >= 11 is 9.81. The molecule has 1 atom stereocenters. The number of alkyl halides is 1. The molecule has 2 heteroatoms. The molecule has 0 aromatic heterocycles. The van der Waals surface area contributed by atoms with E-state index in [0.717, 1.165) is 16.5 Å². The van der Waals surface area contributed by atoms with E-state index in [4.69, 9.17) is 11.6 Å². The van der Waals surface area contributed by atoms with Gasteiger partial charge < -0.3 is 0 Å². The van der Waals surface area contributed by atoms with Gasteiger partial charge in [-0.3, -0.25) is 0 Å². The summed E-state index contributed by atoms with van der Waals surface area (Å²) in [7, 11) is 0. The molecule has 12 heavy (non-hydrogen) atoms.